The van der Waals surface area contributed by atoms with Gasteiger partial charge < -0.3 is 39.9 Å². The number of carbonyl (C=O) groups excluding carboxylic acids is 4. The smallest absolute Gasteiger partial charge is 0.407 e. The summed E-state index contributed by atoms with van der Waals surface area (Å²) in [6.45, 7) is 7.58. The monoisotopic (exact) mass is 748 g/mol. The van der Waals surface area contributed by atoms with Crippen molar-refractivity contribution in [1.82, 2.24) is 40.4 Å². The summed E-state index contributed by atoms with van der Waals surface area (Å²) in [5.41, 5.74) is 5.54. The van der Waals surface area contributed by atoms with E-state index in [-0.39, 0.29) is 43.9 Å². The van der Waals surface area contributed by atoms with Gasteiger partial charge in [0.1, 0.15) is 24.7 Å². The average molecular weight is 749 g/mol. The van der Waals surface area contributed by atoms with E-state index in [1.165, 1.54) is 14.2 Å². The summed E-state index contributed by atoms with van der Waals surface area (Å²) < 4.78 is 9.23. The Hall–Kier alpha value is -6.18. The average Bonchev–Trinajstić information content (AvgIpc) is 3.81. The van der Waals surface area contributed by atoms with Gasteiger partial charge in [0.2, 0.25) is 11.8 Å². The molecule has 4 aromatic carbocycles. The first kappa shape index (κ1) is 38.5. The number of hydrogen-bond acceptors (Lipinski definition) is 8. The second kappa shape index (κ2) is 17.3. The van der Waals surface area contributed by atoms with Gasteiger partial charge in [-0.1, -0.05) is 63.6 Å². The molecule has 0 unspecified atom stereocenters. The van der Waals surface area contributed by atoms with Gasteiger partial charge in [0.25, 0.3) is 0 Å². The zero-order valence-corrected chi connectivity index (χ0v) is 32.0. The number of methoxy groups -OCH3 is 2. The SMILES string of the molecule is CCC[C@@H](C)CN(Cc1nc2ccc3cc(-c4ccc5c(ccc6nc(CN(CCC)C(=O)CNC(=O)OC)[nH]c65)c4)ccc3c2[nH]1)C(=O)CNC(=O)OC. The lowest BCUT2D eigenvalue weighted by Gasteiger charge is -2.25. The van der Waals surface area contributed by atoms with E-state index in [9.17, 15) is 19.2 Å². The van der Waals surface area contributed by atoms with Gasteiger partial charge in [0.05, 0.1) is 49.4 Å². The third-order valence-electron chi connectivity index (χ3n) is 9.71. The van der Waals surface area contributed by atoms with Crippen LogP contribution in [0.4, 0.5) is 9.59 Å². The Morgan fingerprint density at radius 3 is 1.65 bits per heavy atom. The van der Waals surface area contributed by atoms with Crippen LogP contribution in [0.2, 0.25) is 0 Å². The molecule has 0 saturated carbocycles. The first-order valence-electron chi connectivity index (χ1n) is 18.6. The molecule has 1 atom stereocenters. The molecule has 0 aliphatic carbocycles. The number of amides is 4. The summed E-state index contributed by atoms with van der Waals surface area (Å²) in [7, 11) is 2.53. The third-order valence-corrected chi connectivity index (χ3v) is 9.71. The number of nitrogens with one attached hydrogen (secondary N) is 4. The third kappa shape index (κ3) is 8.97. The molecule has 288 valence electrons. The fraction of sp³-hybridized carbons (Fsp3) is 0.366. The zero-order chi connectivity index (χ0) is 39.1. The van der Waals surface area contributed by atoms with Crippen LogP contribution in [0.1, 0.15) is 51.7 Å². The lowest BCUT2D eigenvalue weighted by molar-refractivity contribution is -0.132. The molecule has 14 heteroatoms. The molecule has 6 aromatic rings. The van der Waals surface area contributed by atoms with Gasteiger partial charge in [-0.3, -0.25) is 9.59 Å². The highest BCUT2D eigenvalue weighted by molar-refractivity contribution is 6.07. The molecule has 0 bridgehead atoms. The molecule has 6 rings (SSSR count). The van der Waals surface area contributed by atoms with Gasteiger partial charge in [-0.2, -0.15) is 0 Å². The predicted octanol–water partition coefficient (Wildman–Crippen LogP) is 6.63. The van der Waals surface area contributed by atoms with E-state index in [4.69, 9.17) is 9.97 Å². The number of nitrogens with zero attached hydrogens (tertiary/aromatic N) is 4. The van der Waals surface area contributed by atoms with Crippen LogP contribution in [-0.4, -0.2) is 94.1 Å². The Bertz CT molecular complexity index is 2350. The van der Waals surface area contributed by atoms with Gasteiger partial charge in [0.15, 0.2) is 0 Å². The molecule has 0 aliphatic heterocycles. The Kier molecular flexibility index (Phi) is 12.1. The minimum absolute atomic E-state index is 0.153. The van der Waals surface area contributed by atoms with Crippen LogP contribution in [0.25, 0.3) is 54.7 Å². The van der Waals surface area contributed by atoms with E-state index >= 15 is 0 Å². The lowest BCUT2D eigenvalue weighted by atomic mass is 9.98. The zero-order valence-electron chi connectivity index (χ0n) is 32.0. The molecular weight excluding hydrogens is 701 g/mol. The maximum atomic E-state index is 13.2. The molecule has 55 heavy (non-hydrogen) atoms. The van der Waals surface area contributed by atoms with Crippen molar-refractivity contribution in [2.45, 2.75) is 53.1 Å². The fourth-order valence-electron chi connectivity index (χ4n) is 7.03. The van der Waals surface area contributed by atoms with Gasteiger partial charge >= 0.3 is 12.2 Å². The van der Waals surface area contributed by atoms with Crippen molar-refractivity contribution in [3.63, 3.8) is 0 Å². The fourth-order valence-corrected chi connectivity index (χ4v) is 7.03. The molecule has 0 radical (unpaired) electrons. The number of ether oxygens (including phenoxy) is 2. The topological polar surface area (TPSA) is 175 Å². The number of rotatable bonds is 15. The summed E-state index contributed by atoms with van der Waals surface area (Å²) in [6.07, 6.45) is 1.46. The number of carbonyl (C=O) groups is 4. The molecule has 4 N–H and O–H groups in total. The molecular formula is C41H48N8O6. The van der Waals surface area contributed by atoms with Gasteiger partial charge in [-0.25, -0.2) is 19.6 Å². The summed E-state index contributed by atoms with van der Waals surface area (Å²) >= 11 is 0. The van der Waals surface area contributed by atoms with Gasteiger partial charge in [-0.05, 0) is 64.9 Å². The number of H-pyrrole nitrogens is 2. The highest BCUT2D eigenvalue weighted by Gasteiger charge is 2.21. The minimum atomic E-state index is -0.651. The summed E-state index contributed by atoms with van der Waals surface area (Å²) in [5.74, 6) is 1.20. The van der Waals surface area contributed by atoms with Crippen LogP contribution in [0.5, 0.6) is 0 Å². The molecule has 0 spiro atoms. The van der Waals surface area contributed by atoms with Crippen molar-refractivity contribution in [2.75, 3.05) is 40.4 Å². The molecule has 2 aromatic heterocycles. The van der Waals surface area contributed by atoms with Crippen LogP contribution in [0.3, 0.4) is 0 Å². The van der Waals surface area contributed by atoms with Crippen molar-refractivity contribution in [2.24, 2.45) is 5.92 Å². The molecule has 4 amide bonds. The van der Waals surface area contributed by atoms with E-state index in [0.29, 0.717) is 24.7 Å². The molecule has 0 fully saturated rings. The van der Waals surface area contributed by atoms with E-state index in [2.05, 4.69) is 92.5 Å². The largest absolute Gasteiger partial charge is 0.453 e. The first-order chi connectivity index (χ1) is 26.6. The van der Waals surface area contributed by atoms with Crippen molar-refractivity contribution in [3.8, 4) is 11.1 Å². The lowest BCUT2D eigenvalue weighted by Crippen LogP contribution is -2.41. The molecule has 0 aliphatic rings. The summed E-state index contributed by atoms with van der Waals surface area (Å²) in [6, 6.07) is 20.8. The number of imidazole rings is 2. The highest BCUT2D eigenvalue weighted by atomic mass is 16.5. The number of alkyl carbamates (subject to hydrolysis) is 2. The first-order valence-corrected chi connectivity index (χ1v) is 18.6. The number of fused-ring (bicyclic) bond motifs is 6. The van der Waals surface area contributed by atoms with Crippen molar-refractivity contribution >= 4 is 67.6 Å². The quantitative estimate of drug-likeness (QED) is 0.0906. The molecule has 2 heterocycles. The Morgan fingerprint density at radius 2 is 1.18 bits per heavy atom. The predicted molar refractivity (Wildman–Crippen MR) is 212 cm³/mol. The van der Waals surface area contributed by atoms with Crippen LogP contribution < -0.4 is 10.6 Å². The number of benzene rings is 4. The second-order valence-electron chi connectivity index (χ2n) is 13.8. The van der Waals surface area contributed by atoms with Crippen LogP contribution in [0.15, 0.2) is 60.7 Å². The minimum Gasteiger partial charge on any atom is -0.453 e. The standard InChI is InChI=1S/C41H48N8O6/c1-6-8-25(3)22-49(37(51)21-43-41(53)55-5)24-35-45-33-16-12-29-19-27(10-14-31(29)39(33)47-35)26-9-13-30-28(18-26)11-15-32-38(30)46-34(44-32)23-48(17-7-2)36(50)20-42-40(52)54-4/h9-16,18-19,25H,6-8,17,20-24H2,1-5H3,(H,42,52)(H,43,53)(H,44,46)(H,45,47)/t25-/m1/s1. The maximum absolute atomic E-state index is 13.2. The number of aromatic nitrogens is 4. The number of hydrogen-bond donors (Lipinski definition) is 4. The van der Waals surface area contributed by atoms with E-state index in [0.717, 1.165) is 74.0 Å². The summed E-state index contributed by atoms with van der Waals surface area (Å²) in [4.78, 5) is 69.1. The van der Waals surface area contributed by atoms with Crippen LogP contribution in [0, 0.1) is 5.92 Å². The molecule has 0 saturated heterocycles. The van der Waals surface area contributed by atoms with E-state index in [1.807, 2.05) is 19.1 Å². The Labute approximate surface area is 318 Å². The molecule has 14 nitrogen and oxygen atoms in total. The second-order valence-corrected chi connectivity index (χ2v) is 13.8. The maximum Gasteiger partial charge on any atom is 0.407 e. The summed E-state index contributed by atoms with van der Waals surface area (Å²) in [5, 5.41) is 9.10. The van der Waals surface area contributed by atoms with E-state index < -0.39 is 12.2 Å². The Morgan fingerprint density at radius 1 is 0.691 bits per heavy atom. The van der Waals surface area contributed by atoms with Crippen LogP contribution in [-0.2, 0) is 32.2 Å². The van der Waals surface area contributed by atoms with Crippen molar-refractivity contribution < 1.29 is 28.7 Å². The van der Waals surface area contributed by atoms with E-state index in [1.54, 1.807) is 9.80 Å². The van der Waals surface area contributed by atoms with Crippen LogP contribution >= 0.6 is 0 Å². The van der Waals surface area contributed by atoms with Crippen molar-refractivity contribution in [3.05, 3.63) is 72.3 Å². The number of aromatic amines is 2. The Balaban J connectivity index is 1.22. The van der Waals surface area contributed by atoms with Gasteiger partial charge in [0, 0.05) is 23.9 Å². The van der Waals surface area contributed by atoms with Crippen molar-refractivity contribution in [1.29, 1.82) is 0 Å². The highest BCUT2D eigenvalue weighted by Crippen LogP contribution is 2.32. The van der Waals surface area contributed by atoms with Gasteiger partial charge in [-0.15, -0.1) is 0 Å². The normalized spacial score (nSPS) is 11.9.